The van der Waals surface area contributed by atoms with Crippen molar-refractivity contribution < 1.29 is 14.3 Å². The van der Waals surface area contributed by atoms with Gasteiger partial charge in [0.05, 0.1) is 11.9 Å². The summed E-state index contributed by atoms with van der Waals surface area (Å²) >= 11 is 1.53. The van der Waals surface area contributed by atoms with Gasteiger partial charge in [-0.15, -0.1) is 24.2 Å². The summed E-state index contributed by atoms with van der Waals surface area (Å²) in [5.74, 6) is 0.474. The lowest BCUT2D eigenvalue weighted by Gasteiger charge is -2.23. The summed E-state index contributed by atoms with van der Waals surface area (Å²) in [6.45, 7) is 1.85. The number of hydrogen-bond acceptors (Lipinski definition) is 5. The first-order valence-electron chi connectivity index (χ1n) is 6.44. The number of amides is 1. The maximum atomic E-state index is 12.1. The van der Waals surface area contributed by atoms with E-state index in [9.17, 15) is 9.59 Å². The summed E-state index contributed by atoms with van der Waals surface area (Å²) < 4.78 is 5.29. The van der Waals surface area contributed by atoms with Gasteiger partial charge in [0, 0.05) is 5.75 Å². The van der Waals surface area contributed by atoms with Crippen LogP contribution >= 0.6 is 24.2 Å². The number of esters is 1. The molecule has 116 valence electrons. The molecule has 0 radical (unpaired) electrons. The Labute approximate surface area is 134 Å². The summed E-state index contributed by atoms with van der Waals surface area (Å²) in [7, 11) is 0. The van der Waals surface area contributed by atoms with E-state index in [2.05, 4.69) is 0 Å². The second kappa shape index (κ2) is 8.26. The van der Waals surface area contributed by atoms with Gasteiger partial charge in [0.2, 0.25) is 5.91 Å². The van der Waals surface area contributed by atoms with Gasteiger partial charge in [0.25, 0.3) is 0 Å². The van der Waals surface area contributed by atoms with E-state index >= 15 is 0 Å². The van der Waals surface area contributed by atoms with Gasteiger partial charge >= 0.3 is 5.97 Å². The van der Waals surface area contributed by atoms with Crippen molar-refractivity contribution in [3.8, 4) is 0 Å². The molecule has 1 fully saturated rings. The topological polar surface area (TPSA) is 72.6 Å². The Morgan fingerprint density at radius 3 is 2.71 bits per heavy atom. The zero-order valence-electron chi connectivity index (χ0n) is 11.7. The van der Waals surface area contributed by atoms with Crippen LogP contribution in [0.15, 0.2) is 30.3 Å². The highest BCUT2D eigenvalue weighted by molar-refractivity contribution is 7.99. The number of thioether (sulfide) groups is 1. The standard InChI is InChI=1S/C14H18N2O3S.ClH/c1-10(15)13(17)16-9-20-8-12(16)14(18)19-7-11-5-3-2-4-6-11;/h2-6,10,12H,7-9,15H2,1H3;1H/t10-,12?;/m0./s1. The van der Waals surface area contributed by atoms with Crippen LogP contribution < -0.4 is 5.73 Å². The molecule has 1 saturated heterocycles. The first-order chi connectivity index (χ1) is 9.59. The molecule has 0 aromatic heterocycles. The normalized spacial score (nSPS) is 18.8. The second-order valence-electron chi connectivity index (χ2n) is 4.71. The van der Waals surface area contributed by atoms with E-state index in [0.29, 0.717) is 11.6 Å². The van der Waals surface area contributed by atoms with E-state index in [1.165, 1.54) is 16.7 Å². The Balaban J connectivity index is 0.00000220. The van der Waals surface area contributed by atoms with Crippen LogP contribution in [-0.2, 0) is 20.9 Å². The van der Waals surface area contributed by atoms with Gasteiger partial charge in [-0.2, -0.15) is 0 Å². The smallest absolute Gasteiger partial charge is 0.330 e. The quantitative estimate of drug-likeness (QED) is 0.845. The number of nitrogens with zero attached hydrogens (tertiary/aromatic N) is 1. The van der Waals surface area contributed by atoms with Crippen molar-refractivity contribution in [2.75, 3.05) is 11.6 Å². The Kier molecular flexibility index (Phi) is 7.01. The molecular weight excluding hydrogens is 312 g/mol. The molecule has 0 aliphatic carbocycles. The van der Waals surface area contributed by atoms with Gasteiger partial charge in [-0.25, -0.2) is 4.79 Å². The predicted molar refractivity (Wildman–Crippen MR) is 85.1 cm³/mol. The van der Waals surface area contributed by atoms with Crippen molar-refractivity contribution in [3.63, 3.8) is 0 Å². The number of ether oxygens (including phenoxy) is 1. The van der Waals surface area contributed by atoms with Crippen LogP contribution in [0.3, 0.4) is 0 Å². The number of carbonyl (C=O) groups is 2. The van der Waals surface area contributed by atoms with Crippen molar-refractivity contribution >= 4 is 36.0 Å². The molecular formula is C14H19ClN2O3S. The van der Waals surface area contributed by atoms with Crippen LogP contribution in [0.5, 0.6) is 0 Å². The fourth-order valence-electron chi connectivity index (χ4n) is 1.94. The van der Waals surface area contributed by atoms with Gasteiger partial charge in [-0.3, -0.25) is 4.79 Å². The van der Waals surface area contributed by atoms with E-state index in [4.69, 9.17) is 10.5 Å². The highest BCUT2D eigenvalue weighted by atomic mass is 35.5. The van der Waals surface area contributed by atoms with Gasteiger partial charge < -0.3 is 15.4 Å². The molecule has 0 bridgehead atoms. The minimum Gasteiger partial charge on any atom is -0.459 e. The fraction of sp³-hybridized carbons (Fsp3) is 0.429. The maximum Gasteiger partial charge on any atom is 0.330 e. The molecule has 1 aliphatic heterocycles. The molecule has 2 atom stereocenters. The molecule has 0 spiro atoms. The Hall–Kier alpha value is -1.24. The van der Waals surface area contributed by atoms with E-state index < -0.39 is 12.1 Å². The molecule has 2 rings (SSSR count). The zero-order valence-corrected chi connectivity index (χ0v) is 13.4. The van der Waals surface area contributed by atoms with Crippen molar-refractivity contribution in [2.24, 2.45) is 5.73 Å². The molecule has 7 heteroatoms. The highest BCUT2D eigenvalue weighted by Gasteiger charge is 2.36. The van der Waals surface area contributed by atoms with Crippen LogP contribution in [0.25, 0.3) is 0 Å². The van der Waals surface area contributed by atoms with Crippen LogP contribution in [0, 0.1) is 0 Å². The molecule has 1 aromatic rings. The predicted octanol–water partition coefficient (Wildman–Crippen LogP) is 1.40. The summed E-state index contributed by atoms with van der Waals surface area (Å²) in [6.07, 6.45) is 0. The second-order valence-corrected chi connectivity index (χ2v) is 5.71. The van der Waals surface area contributed by atoms with E-state index in [0.717, 1.165) is 5.56 Å². The van der Waals surface area contributed by atoms with Crippen LogP contribution in [0.4, 0.5) is 0 Å². The Morgan fingerprint density at radius 1 is 1.43 bits per heavy atom. The van der Waals surface area contributed by atoms with Crippen LogP contribution in [0.2, 0.25) is 0 Å². The summed E-state index contributed by atoms with van der Waals surface area (Å²) in [5, 5.41) is 0. The molecule has 0 saturated carbocycles. The van der Waals surface area contributed by atoms with Crippen molar-refractivity contribution in [2.45, 2.75) is 25.6 Å². The fourth-order valence-corrected chi connectivity index (χ4v) is 3.09. The summed E-state index contributed by atoms with van der Waals surface area (Å²) in [4.78, 5) is 25.5. The third-order valence-electron chi connectivity index (χ3n) is 3.05. The molecule has 2 N–H and O–H groups in total. The maximum absolute atomic E-state index is 12.1. The van der Waals surface area contributed by atoms with Crippen molar-refractivity contribution in [3.05, 3.63) is 35.9 Å². The molecule has 21 heavy (non-hydrogen) atoms. The molecule has 1 amide bonds. The lowest BCUT2D eigenvalue weighted by molar-refractivity contribution is -0.154. The monoisotopic (exact) mass is 330 g/mol. The van der Waals surface area contributed by atoms with Gasteiger partial charge in [0.15, 0.2) is 0 Å². The minimum atomic E-state index is -0.599. The Bertz CT molecular complexity index is 484. The first kappa shape index (κ1) is 17.8. The SMILES string of the molecule is C[C@H](N)C(=O)N1CSCC1C(=O)OCc1ccccc1.Cl. The van der Waals surface area contributed by atoms with E-state index in [1.807, 2.05) is 30.3 Å². The van der Waals surface area contributed by atoms with Crippen molar-refractivity contribution in [1.82, 2.24) is 4.90 Å². The lowest BCUT2D eigenvalue weighted by Crippen LogP contribution is -2.48. The van der Waals surface area contributed by atoms with Gasteiger partial charge in [-0.1, -0.05) is 30.3 Å². The Morgan fingerprint density at radius 2 is 2.10 bits per heavy atom. The lowest BCUT2D eigenvalue weighted by atomic mass is 10.2. The third-order valence-corrected chi connectivity index (χ3v) is 4.06. The molecule has 1 heterocycles. The first-order valence-corrected chi connectivity index (χ1v) is 7.59. The van der Waals surface area contributed by atoms with Gasteiger partial charge in [0.1, 0.15) is 12.6 Å². The van der Waals surface area contributed by atoms with Crippen LogP contribution in [-0.4, -0.2) is 40.5 Å². The number of hydrogen-bond donors (Lipinski definition) is 1. The largest absolute Gasteiger partial charge is 0.459 e. The van der Waals surface area contributed by atoms with E-state index in [-0.39, 0.29) is 30.9 Å². The van der Waals surface area contributed by atoms with Gasteiger partial charge in [-0.05, 0) is 12.5 Å². The highest BCUT2D eigenvalue weighted by Crippen LogP contribution is 2.22. The molecule has 1 unspecified atom stereocenters. The number of rotatable bonds is 4. The molecule has 5 nitrogen and oxygen atoms in total. The van der Waals surface area contributed by atoms with E-state index in [1.54, 1.807) is 6.92 Å². The average Bonchev–Trinajstić information content (AvgIpc) is 2.94. The van der Waals surface area contributed by atoms with Crippen molar-refractivity contribution in [1.29, 1.82) is 0 Å². The zero-order chi connectivity index (χ0) is 14.5. The molecule has 1 aromatic carbocycles. The average molecular weight is 331 g/mol. The van der Waals surface area contributed by atoms with Crippen LogP contribution in [0.1, 0.15) is 12.5 Å². The number of benzene rings is 1. The summed E-state index contributed by atoms with van der Waals surface area (Å²) in [6, 6.07) is 8.34. The summed E-state index contributed by atoms with van der Waals surface area (Å²) in [5.41, 5.74) is 6.52. The number of halogens is 1. The third kappa shape index (κ3) is 4.62. The number of carbonyl (C=O) groups excluding carboxylic acids is 2. The molecule has 1 aliphatic rings. The minimum absolute atomic E-state index is 0. The number of nitrogens with two attached hydrogens (primary N) is 1.